The third kappa shape index (κ3) is 4.21. The summed E-state index contributed by atoms with van der Waals surface area (Å²) < 4.78 is 4.60. The fraction of sp³-hybridized carbons (Fsp3) is 0.476. The highest BCUT2D eigenvalue weighted by Gasteiger charge is 2.34. The molecule has 3 heterocycles. The van der Waals surface area contributed by atoms with Crippen molar-refractivity contribution >= 4 is 28.9 Å². The molecule has 1 aromatic heterocycles. The summed E-state index contributed by atoms with van der Waals surface area (Å²) in [6, 6.07) is 12.6. The normalized spacial score (nSPS) is 22.6. The molecule has 0 radical (unpaired) electrons. The highest BCUT2D eigenvalue weighted by Crippen LogP contribution is 2.34. The van der Waals surface area contributed by atoms with E-state index in [1.54, 1.807) is 0 Å². The Hall–Kier alpha value is -2.63. The molecule has 8 heteroatoms. The molecule has 0 unspecified atom stereocenters. The molecule has 2 aliphatic heterocycles. The lowest BCUT2D eigenvalue weighted by atomic mass is 10.1. The Labute approximate surface area is 175 Å². The first kappa shape index (κ1) is 19.7. The molecule has 4 rings (SSSR count). The number of hydrogen-bond acceptors (Lipinski definition) is 7. The zero-order valence-electron chi connectivity index (χ0n) is 16.6. The predicted molar refractivity (Wildman–Crippen MR) is 116 cm³/mol. The summed E-state index contributed by atoms with van der Waals surface area (Å²) in [6.07, 6.45) is 0.790. The maximum absolute atomic E-state index is 11.8. The largest absolute Gasteiger partial charge is 0.369 e. The number of anilines is 2. The van der Waals surface area contributed by atoms with Gasteiger partial charge in [-0.15, -0.1) is 0 Å². The quantitative estimate of drug-likeness (QED) is 0.760. The molecule has 0 spiro atoms. The van der Waals surface area contributed by atoms with Crippen molar-refractivity contribution in [2.45, 2.75) is 19.4 Å². The fourth-order valence-corrected chi connectivity index (χ4v) is 4.96. The van der Waals surface area contributed by atoms with Gasteiger partial charge in [0, 0.05) is 44.5 Å². The zero-order valence-corrected chi connectivity index (χ0v) is 17.4. The van der Waals surface area contributed by atoms with Crippen LogP contribution in [0.5, 0.6) is 0 Å². The number of amides is 1. The van der Waals surface area contributed by atoms with E-state index in [2.05, 4.69) is 57.5 Å². The Bertz CT molecular complexity index is 897. The fourth-order valence-electron chi connectivity index (χ4n) is 4.21. The van der Waals surface area contributed by atoms with Gasteiger partial charge in [-0.25, -0.2) is 0 Å². The molecular formula is C21H26N6OS. The highest BCUT2D eigenvalue weighted by atomic mass is 32.1. The van der Waals surface area contributed by atoms with E-state index in [0.717, 1.165) is 55.4 Å². The highest BCUT2D eigenvalue weighted by molar-refractivity contribution is 7.09. The molecular weight excluding hydrogens is 384 g/mol. The number of benzene rings is 1. The minimum atomic E-state index is -0.275. The van der Waals surface area contributed by atoms with Crippen LogP contribution in [0.3, 0.4) is 0 Å². The van der Waals surface area contributed by atoms with Crippen LogP contribution in [0.4, 0.5) is 11.5 Å². The Balaban J connectivity index is 1.44. The molecule has 2 atom stereocenters. The Morgan fingerprint density at radius 2 is 2.00 bits per heavy atom. The van der Waals surface area contributed by atoms with Crippen LogP contribution in [0.25, 0.3) is 10.4 Å². The predicted octanol–water partition coefficient (Wildman–Crippen LogP) is 2.16. The zero-order chi connectivity index (χ0) is 20.4. The molecule has 1 amide bonds. The van der Waals surface area contributed by atoms with E-state index in [-0.39, 0.29) is 11.9 Å². The van der Waals surface area contributed by atoms with E-state index in [9.17, 15) is 4.79 Å². The van der Waals surface area contributed by atoms with Gasteiger partial charge >= 0.3 is 0 Å². The number of piperazine rings is 1. The van der Waals surface area contributed by atoms with Gasteiger partial charge in [0.05, 0.1) is 17.5 Å². The van der Waals surface area contributed by atoms with Crippen molar-refractivity contribution < 1.29 is 4.79 Å². The Morgan fingerprint density at radius 1 is 1.28 bits per heavy atom. The standard InChI is InChI=1S/C21H26N6OS/c1-15-12-18(21(23)28)27(14-15)20-13-19(29-24-20)16-2-4-17(5-3-16)26-10-8-25(7-6-22)9-11-26/h2-5,13,15,18H,7-12,14H2,1H3,(H2,23,28)/t15-,18-/m0/s1. The summed E-state index contributed by atoms with van der Waals surface area (Å²) in [5, 5.41) is 8.83. The van der Waals surface area contributed by atoms with Crippen molar-refractivity contribution in [3.05, 3.63) is 30.3 Å². The van der Waals surface area contributed by atoms with Crippen molar-refractivity contribution in [1.82, 2.24) is 9.27 Å². The van der Waals surface area contributed by atoms with E-state index in [0.29, 0.717) is 12.5 Å². The summed E-state index contributed by atoms with van der Waals surface area (Å²) in [4.78, 5) is 19.5. The average Bonchev–Trinajstić information content (AvgIpc) is 3.36. The summed E-state index contributed by atoms with van der Waals surface area (Å²) in [6.45, 7) is 7.18. The molecule has 2 saturated heterocycles. The van der Waals surface area contributed by atoms with Gasteiger partial charge in [-0.05, 0) is 41.6 Å². The third-order valence-corrected chi connectivity index (χ3v) is 6.64. The minimum absolute atomic E-state index is 0.262. The van der Waals surface area contributed by atoms with Crippen molar-refractivity contribution in [1.29, 1.82) is 5.26 Å². The number of carbonyl (C=O) groups is 1. The summed E-state index contributed by atoms with van der Waals surface area (Å²) in [5.41, 5.74) is 7.92. The molecule has 2 fully saturated rings. The number of nitriles is 1. The van der Waals surface area contributed by atoms with E-state index >= 15 is 0 Å². The summed E-state index contributed by atoms with van der Waals surface area (Å²) in [7, 11) is 0. The topological polar surface area (TPSA) is 89.5 Å². The first-order valence-electron chi connectivity index (χ1n) is 10.0. The molecule has 2 aliphatic rings. The molecule has 29 heavy (non-hydrogen) atoms. The van der Waals surface area contributed by atoms with E-state index < -0.39 is 0 Å². The first-order valence-corrected chi connectivity index (χ1v) is 10.8. The number of carbonyl (C=O) groups excluding carboxylic acids is 1. The van der Waals surface area contributed by atoms with Gasteiger partial charge in [0.25, 0.3) is 0 Å². The summed E-state index contributed by atoms with van der Waals surface area (Å²) >= 11 is 1.46. The number of aromatic nitrogens is 1. The van der Waals surface area contributed by atoms with Crippen LogP contribution in [0.2, 0.25) is 0 Å². The van der Waals surface area contributed by atoms with Gasteiger partial charge in [0.2, 0.25) is 5.91 Å². The lowest BCUT2D eigenvalue weighted by Crippen LogP contribution is -2.46. The van der Waals surface area contributed by atoms with Crippen LogP contribution in [0.1, 0.15) is 13.3 Å². The Morgan fingerprint density at radius 3 is 2.66 bits per heavy atom. The van der Waals surface area contributed by atoms with Crippen LogP contribution in [-0.4, -0.2) is 60.5 Å². The minimum Gasteiger partial charge on any atom is -0.369 e. The van der Waals surface area contributed by atoms with Crippen LogP contribution < -0.4 is 15.5 Å². The smallest absolute Gasteiger partial charge is 0.240 e. The van der Waals surface area contributed by atoms with Gasteiger partial charge in [0.15, 0.2) is 0 Å². The second-order valence-corrected chi connectivity index (χ2v) is 8.73. The van der Waals surface area contributed by atoms with Crippen LogP contribution in [0, 0.1) is 17.2 Å². The van der Waals surface area contributed by atoms with E-state index in [1.165, 1.54) is 17.2 Å². The van der Waals surface area contributed by atoms with Gasteiger partial charge in [-0.3, -0.25) is 9.69 Å². The Kier molecular flexibility index (Phi) is 5.69. The van der Waals surface area contributed by atoms with Gasteiger partial charge in [-0.1, -0.05) is 19.1 Å². The molecule has 1 aromatic carbocycles. The van der Waals surface area contributed by atoms with Crippen LogP contribution >= 0.6 is 11.5 Å². The van der Waals surface area contributed by atoms with Gasteiger partial charge < -0.3 is 15.5 Å². The molecule has 7 nitrogen and oxygen atoms in total. The molecule has 2 aromatic rings. The number of nitrogens with zero attached hydrogens (tertiary/aromatic N) is 5. The summed E-state index contributed by atoms with van der Waals surface area (Å²) in [5.74, 6) is 1.00. The van der Waals surface area contributed by atoms with Crippen molar-refractivity contribution in [3.8, 4) is 16.5 Å². The van der Waals surface area contributed by atoms with Crippen molar-refractivity contribution in [3.63, 3.8) is 0 Å². The molecule has 2 N–H and O–H groups in total. The third-order valence-electron chi connectivity index (χ3n) is 5.81. The lowest BCUT2D eigenvalue weighted by molar-refractivity contribution is -0.119. The second-order valence-electron chi connectivity index (χ2n) is 7.93. The van der Waals surface area contributed by atoms with Gasteiger partial charge in [0.1, 0.15) is 11.9 Å². The maximum Gasteiger partial charge on any atom is 0.240 e. The van der Waals surface area contributed by atoms with E-state index in [4.69, 9.17) is 11.0 Å². The molecule has 0 aliphatic carbocycles. The van der Waals surface area contributed by atoms with E-state index in [1.807, 2.05) is 4.90 Å². The number of hydrogen-bond donors (Lipinski definition) is 1. The SMILES string of the molecule is C[C@H]1C[C@@H](C(N)=O)N(c2cc(-c3ccc(N4CCN(CC#N)CC4)cc3)sn2)C1. The van der Waals surface area contributed by atoms with Crippen LogP contribution in [-0.2, 0) is 4.79 Å². The lowest BCUT2D eigenvalue weighted by Gasteiger charge is -2.35. The average molecular weight is 411 g/mol. The second kappa shape index (κ2) is 8.39. The molecule has 0 bridgehead atoms. The molecule has 0 saturated carbocycles. The maximum atomic E-state index is 11.8. The monoisotopic (exact) mass is 410 g/mol. The van der Waals surface area contributed by atoms with Crippen LogP contribution in [0.15, 0.2) is 30.3 Å². The number of rotatable bonds is 5. The van der Waals surface area contributed by atoms with Crippen molar-refractivity contribution in [2.24, 2.45) is 11.7 Å². The number of nitrogens with two attached hydrogens (primary N) is 1. The first-order chi connectivity index (χ1) is 14.0. The van der Waals surface area contributed by atoms with Crippen molar-refractivity contribution in [2.75, 3.05) is 49.1 Å². The molecule has 152 valence electrons. The number of primary amides is 1. The van der Waals surface area contributed by atoms with Gasteiger partial charge in [-0.2, -0.15) is 9.64 Å².